The Kier molecular flexibility index (Phi) is 10.3. The van der Waals surface area contributed by atoms with Crippen molar-refractivity contribution in [3.05, 3.63) is 79.9 Å². The average Bonchev–Trinajstić information content (AvgIpc) is 2.92. The number of carbonyl (C=O) groups excluding carboxylic acids is 2. The average molecular weight is 580 g/mol. The fourth-order valence-corrected chi connectivity index (χ4v) is 5.75. The van der Waals surface area contributed by atoms with Gasteiger partial charge in [0.1, 0.15) is 0 Å². The van der Waals surface area contributed by atoms with Crippen LogP contribution in [0.4, 0.5) is 16.2 Å². The van der Waals surface area contributed by atoms with Crippen LogP contribution in [-0.4, -0.2) is 45.7 Å². The van der Waals surface area contributed by atoms with Crippen molar-refractivity contribution in [2.75, 3.05) is 6.54 Å². The van der Waals surface area contributed by atoms with Gasteiger partial charge < -0.3 is 5.32 Å². The van der Waals surface area contributed by atoms with Crippen molar-refractivity contribution in [1.29, 1.82) is 0 Å². The summed E-state index contributed by atoms with van der Waals surface area (Å²) in [5.41, 5.74) is 2.05. The molecule has 3 rings (SSSR count). The first-order chi connectivity index (χ1) is 19.7. The highest BCUT2D eigenvalue weighted by atomic mass is 16.7. The molecule has 1 aliphatic carbocycles. The Labute approximate surface area is 244 Å². The molecule has 2 aromatic carbocycles. The number of hydrogen-bond acceptors (Lipinski definition) is 9. The predicted octanol–water partition coefficient (Wildman–Crippen LogP) is 6.40. The molecule has 224 valence electrons. The summed E-state index contributed by atoms with van der Waals surface area (Å²) in [4.78, 5) is 55.5. The number of aliphatic imine (C=N–C) groups is 1. The van der Waals surface area contributed by atoms with E-state index in [1.165, 1.54) is 36.4 Å². The summed E-state index contributed by atoms with van der Waals surface area (Å²) < 4.78 is 0. The fraction of sp³-hybridized carbons (Fsp3) is 0.467. The third kappa shape index (κ3) is 9.28. The molecule has 0 heterocycles. The van der Waals surface area contributed by atoms with Gasteiger partial charge in [0.25, 0.3) is 11.4 Å². The van der Waals surface area contributed by atoms with Crippen LogP contribution in [0.15, 0.2) is 58.7 Å². The molecule has 1 aliphatic rings. The Morgan fingerprint density at radius 1 is 0.905 bits per heavy atom. The maximum atomic E-state index is 12.7. The van der Waals surface area contributed by atoms with E-state index in [2.05, 4.69) is 36.2 Å². The number of nitrogens with one attached hydrogen (secondary N) is 1. The van der Waals surface area contributed by atoms with Crippen LogP contribution < -0.4 is 5.32 Å². The van der Waals surface area contributed by atoms with E-state index in [9.17, 15) is 29.8 Å². The van der Waals surface area contributed by atoms with Crippen molar-refractivity contribution in [2.45, 2.75) is 72.8 Å². The van der Waals surface area contributed by atoms with Crippen molar-refractivity contribution in [2.24, 2.45) is 21.0 Å². The Hall–Kier alpha value is -4.48. The zero-order chi connectivity index (χ0) is 31.1. The molecular weight excluding hydrogens is 542 g/mol. The van der Waals surface area contributed by atoms with Crippen molar-refractivity contribution in [3.8, 4) is 0 Å². The molecule has 1 amide bonds. The second kappa shape index (κ2) is 13.5. The number of non-ortho nitro benzene ring substituents is 2. The maximum Gasteiger partial charge on any atom is 0.433 e. The number of oxime groups is 1. The third-order valence-corrected chi connectivity index (χ3v) is 7.52. The first kappa shape index (κ1) is 32.0. The largest absolute Gasteiger partial charge is 0.433 e. The Morgan fingerprint density at radius 3 is 1.95 bits per heavy atom. The minimum Gasteiger partial charge on any atom is -0.317 e. The quantitative estimate of drug-likeness (QED) is 0.139. The standard InChI is InChI=1S/C30H37N5O7/c1-20(22-6-10-25(11-7-22)34(38)39)31-18-27(36)14-15-30(5)17-24(16-29(3,4)19-30)32-28(37)42-33-21(2)23-8-12-26(13-9-23)35(40)41/h6-13,24H,14-19H2,1-5H3,(H,32,37)/b31-20?,33-21+. The molecule has 0 aliphatic heterocycles. The van der Waals surface area contributed by atoms with Gasteiger partial charge in [-0.25, -0.2) is 4.79 Å². The van der Waals surface area contributed by atoms with Crippen molar-refractivity contribution in [3.63, 3.8) is 0 Å². The van der Waals surface area contributed by atoms with E-state index in [1.807, 2.05) is 0 Å². The summed E-state index contributed by atoms with van der Waals surface area (Å²) in [6.07, 6.45) is 2.62. The van der Waals surface area contributed by atoms with Gasteiger partial charge in [-0.15, -0.1) is 0 Å². The Bertz CT molecular complexity index is 1380. The zero-order valence-electron chi connectivity index (χ0n) is 24.6. The summed E-state index contributed by atoms with van der Waals surface area (Å²) in [5, 5.41) is 28.5. The number of rotatable bonds is 11. The lowest BCUT2D eigenvalue weighted by Crippen LogP contribution is -2.47. The van der Waals surface area contributed by atoms with Crippen LogP contribution in [-0.2, 0) is 9.63 Å². The molecule has 2 unspecified atom stereocenters. The molecule has 0 bridgehead atoms. The summed E-state index contributed by atoms with van der Waals surface area (Å²) in [5.74, 6) is 0.000779. The highest BCUT2D eigenvalue weighted by Crippen LogP contribution is 2.48. The van der Waals surface area contributed by atoms with Gasteiger partial charge in [-0.3, -0.25) is 34.9 Å². The van der Waals surface area contributed by atoms with Crippen molar-refractivity contribution >= 4 is 34.7 Å². The van der Waals surface area contributed by atoms with Crippen LogP contribution in [0.5, 0.6) is 0 Å². The Balaban J connectivity index is 1.53. The second-order valence-electron chi connectivity index (χ2n) is 12.0. The van der Waals surface area contributed by atoms with E-state index in [0.717, 1.165) is 18.4 Å². The van der Waals surface area contributed by atoms with Gasteiger partial charge in [0.05, 0.1) is 22.1 Å². The van der Waals surface area contributed by atoms with Crippen LogP contribution in [0.2, 0.25) is 0 Å². The van der Waals surface area contributed by atoms with Gasteiger partial charge in [-0.1, -0.05) is 25.9 Å². The SMILES string of the molecule is CC(=NCC(=O)CCC1(C)CC(NC(=O)O/N=C(\C)c2ccc([N+](=O)[O-])cc2)CC(C)(C)C1)c1ccc([N+](=O)[O-])cc1. The van der Waals surface area contributed by atoms with Crippen LogP contribution >= 0.6 is 0 Å². The lowest BCUT2D eigenvalue weighted by molar-refractivity contribution is -0.385. The summed E-state index contributed by atoms with van der Waals surface area (Å²) in [7, 11) is 0. The number of nitro benzene ring substituents is 2. The summed E-state index contributed by atoms with van der Waals surface area (Å²) in [6, 6.07) is 11.7. The molecule has 12 nitrogen and oxygen atoms in total. The van der Waals surface area contributed by atoms with E-state index in [1.54, 1.807) is 26.0 Å². The van der Waals surface area contributed by atoms with Crippen LogP contribution in [0, 0.1) is 31.1 Å². The van der Waals surface area contributed by atoms with Crippen molar-refractivity contribution in [1.82, 2.24) is 5.32 Å². The normalized spacial score (nSPS) is 20.5. The molecule has 0 spiro atoms. The van der Waals surface area contributed by atoms with Gasteiger partial charge in [-0.2, -0.15) is 0 Å². The Morgan fingerprint density at radius 2 is 1.43 bits per heavy atom. The summed E-state index contributed by atoms with van der Waals surface area (Å²) in [6.45, 7) is 9.85. The molecule has 0 aromatic heterocycles. The molecule has 12 heteroatoms. The monoisotopic (exact) mass is 579 g/mol. The fourth-order valence-electron chi connectivity index (χ4n) is 5.75. The zero-order valence-corrected chi connectivity index (χ0v) is 24.6. The predicted molar refractivity (Wildman–Crippen MR) is 159 cm³/mol. The van der Waals surface area contributed by atoms with Gasteiger partial charge in [0, 0.05) is 42.4 Å². The number of ketones is 1. The highest BCUT2D eigenvalue weighted by molar-refractivity contribution is 6.00. The molecule has 0 saturated heterocycles. The molecule has 0 radical (unpaired) electrons. The van der Waals surface area contributed by atoms with E-state index < -0.39 is 15.9 Å². The smallest absolute Gasteiger partial charge is 0.317 e. The third-order valence-electron chi connectivity index (χ3n) is 7.52. The molecule has 1 N–H and O–H groups in total. The second-order valence-corrected chi connectivity index (χ2v) is 12.0. The number of carbonyl (C=O) groups is 2. The van der Waals surface area contributed by atoms with Gasteiger partial charge in [0.2, 0.25) is 0 Å². The lowest BCUT2D eigenvalue weighted by Gasteiger charge is -2.46. The first-order valence-corrected chi connectivity index (χ1v) is 13.7. The molecule has 1 fully saturated rings. The number of amides is 1. The molecule has 2 aromatic rings. The summed E-state index contributed by atoms with van der Waals surface area (Å²) >= 11 is 0. The first-order valence-electron chi connectivity index (χ1n) is 13.7. The molecule has 1 saturated carbocycles. The molecular formula is C30H37N5O7. The molecule has 2 atom stereocenters. The van der Waals surface area contributed by atoms with Crippen LogP contribution in [0.3, 0.4) is 0 Å². The highest BCUT2D eigenvalue weighted by Gasteiger charge is 2.41. The lowest BCUT2D eigenvalue weighted by atomic mass is 9.61. The number of nitro groups is 2. The number of nitrogens with zero attached hydrogens (tertiary/aromatic N) is 4. The number of hydrogen-bond donors (Lipinski definition) is 1. The number of benzene rings is 2. The van der Waals surface area contributed by atoms with E-state index in [4.69, 9.17) is 4.84 Å². The molecule has 42 heavy (non-hydrogen) atoms. The minimum atomic E-state index is -0.687. The van der Waals surface area contributed by atoms with E-state index in [-0.39, 0.29) is 40.6 Å². The van der Waals surface area contributed by atoms with Gasteiger partial charge in [0.15, 0.2) is 5.78 Å². The van der Waals surface area contributed by atoms with Crippen LogP contribution in [0.1, 0.15) is 77.8 Å². The topological polar surface area (TPSA) is 166 Å². The van der Waals surface area contributed by atoms with Crippen LogP contribution in [0.25, 0.3) is 0 Å². The number of Topliss-reactive ketones (excluding diaryl/α,β-unsaturated/α-hetero) is 1. The van der Waals surface area contributed by atoms with Crippen molar-refractivity contribution < 1.29 is 24.3 Å². The van der Waals surface area contributed by atoms with E-state index in [0.29, 0.717) is 36.2 Å². The van der Waals surface area contributed by atoms with Gasteiger partial charge in [-0.05, 0) is 85.8 Å². The maximum absolute atomic E-state index is 12.7. The minimum absolute atomic E-state index is 0.000779. The van der Waals surface area contributed by atoms with E-state index >= 15 is 0 Å². The van der Waals surface area contributed by atoms with Gasteiger partial charge >= 0.3 is 6.09 Å².